The van der Waals surface area contributed by atoms with Gasteiger partial charge in [0.15, 0.2) is 11.5 Å². The molecular weight excluding hydrogens is 466 g/mol. The summed E-state index contributed by atoms with van der Waals surface area (Å²) in [6, 6.07) is 36.3. The zero-order valence-electron chi connectivity index (χ0n) is 21.1. The van der Waals surface area contributed by atoms with Crippen LogP contribution in [0.25, 0.3) is 71.8 Å². The van der Waals surface area contributed by atoms with Gasteiger partial charge in [0.1, 0.15) is 11.2 Å². The molecule has 0 unspecified atom stereocenters. The Labute approximate surface area is 218 Å². The summed E-state index contributed by atoms with van der Waals surface area (Å²) in [7, 11) is 0. The van der Waals surface area contributed by atoms with Gasteiger partial charge >= 0.3 is 0 Å². The van der Waals surface area contributed by atoms with Gasteiger partial charge in [0.25, 0.3) is 0 Å². The van der Waals surface area contributed by atoms with Crippen LogP contribution in [0.2, 0.25) is 0 Å². The Hall–Kier alpha value is -4.96. The number of aryl methyl sites for hydroxylation is 2. The molecule has 180 valence electrons. The van der Waals surface area contributed by atoms with Crippen molar-refractivity contribution < 1.29 is 4.42 Å². The molecule has 0 aliphatic carbocycles. The van der Waals surface area contributed by atoms with Crippen LogP contribution in [-0.4, -0.2) is 14.6 Å². The highest BCUT2D eigenvalue weighted by Gasteiger charge is 2.17. The lowest BCUT2D eigenvalue weighted by Gasteiger charge is -2.10. The van der Waals surface area contributed by atoms with E-state index in [-0.39, 0.29) is 0 Å². The number of furan rings is 1. The molecule has 3 aromatic heterocycles. The van der Waals surface area contributed by atoms with E-state index in [1.165, 1.54) is 21.9 Å². The smallest absolute Gasteiger partial charge is 0.169 e. The van der Waals surface area contributed by atoms with Gasteiger partial charge in [-0.05, 0) is 60.7 Å². The van der Waals surface area contributed by atoms with Crippen LogP contribution < -0.4 is 0 Å². The van der Waals surface area contributed by atoms with Crippen molar-refractivity contribution in [2.24, 2.45) is 0 Å². The Morgan fingerprint density at radius 2 is 1.29 bits per heavy atom. The lowest BCUT2D eigenvalue weighted by Crippen LogP contribution is -1.94. The minimum atomic E-state index is 0.835. The van der Waals surface area contributed by atoms with E-state index in [1.807, 2.05) is 0 Å². The molecule has 0 radical (unpaired) electrons. The van der Waals surface area contributed by atoms with Crippen LogP contribution in [0.4, 0.5) is 0 Å². The second-order valence-electron chi connectivity index (χ2n) is 10.1. The van der Waals surface area contributed by atoms with Crippen LogP contribution >= 0.6 is 0 Å². The van der Waals surface area contributed by atoms with Crippen LogP contribution in [0.1, 0.15) is 11.1 Å². The minimum Gasteiger partial charge on any atom is -0.455 e. The molecule has 38 heavy (non-hydrogen) atoms. The van der Waals surface area contributed by atoms with Gasteiger partial charge in [0.05, 0.1) is 5.52 Å². The van der Waals surface area contributed by atoms with E-state index in [4.69, 9.17) is 4.42 Å². The third kappa shape index (κ3) is 2.97. The summed E-state index contributed by atoms with van der Waals surface area (Å²) in [4.78, 5) is 0. The fourth-order valence-corrected chi connectivity index (χ4v) is 5.83. The normalized spacial score (nSPS) is 11.9. The maximum atomic E-state index is 6.37. The Morgan fingerprint density at radius 1 is 0.579 bits per heavy atom. The number of rotatable bonds is 2. The molecule has 0 N–H and O–H groups in total. The summed E-state index contributed by atoms with van der Waals surface area (Å²) in [6.45, 7) is 4.26. The number of hydrogen-bond donors (Lipinski definition) is 0. The van der Waals surface area contributed by atoms with Crippen LogP contribution in [0.5, 0.6) is 0 Å². The minimum absolute atomic E-state index is 0.835. The van der Waals surface area contributed by atoms with Crippen molar-refractivity contribution in [3.8, 4) is 22.5 Å². The number of benzene rings is 5. The molecule has 0 spiro atoms. The Bertz CT molecular complexity index is 2200. The number of aromatic nitrogens is 3. The van der Waals surface area contributed by atoms with Gasteiger partial charge in [0.2, 0.25) is 0 Å². The number of hydrogen-bond acceptors (Lipinski definition) is 3. The van der Waals surface area contributed by atoms with E-state index in [9.17, 15) is 0 Å². The van der Waals surface area contributed by atoms with Crippen molar-refractivity contribution in [1.29, 1.82) is 0 Å². The first-order chi connectivity index (χ1) is 18.7. The third-order valence-electron chi connectivity index (χ3n) is 7.59. The van der Waals surface area contributed by atoms with E-state index < -0.39 is 0 Å². The van der Waals surface area contributed by atoms with Crippen molar-refractivity contribution >= 4 is 49.3 Å². The molecule has 0 fully saturated rings. The van der Waals surface area contributed by atoms with Gasteiger partial charge in [0, 0.05) is 32.7 Å². The Balaban J connectivity index is 1.32. The molecule has 0 aliphatic heterocycles. The van der Waals surface area contributed by atoms with Gasteiger partial charge in [-0.3, -0.25) is 4.40 Å². The molecular formula is C34H23N3O. The van der Waals surface area contributed by atoms with Gasteiger partial charge in [-0.25, -0.2) is 0 Å². The number of para-hydroxylation sites is 1. The van der Waals surface area contributed by atoms with Crippen LogP contribution in [-0.2, 0) is 0 Å². The molecule has 8 aromatic rings. The van der Waals surface area contributed by atoms with E-state index in [0.29, 0.717) is 0 Å². The molecule has 0 atom stereocenters. The second kappa shape index (κ2) is 7.77. The first kappa shape index (κ1) is 21.2. The number of fused-ring (bicyclic) bond motifs is 9. The largest absolute Gasteiger partial charge is 0.455 e. The highest BCUT2D eigenvalue weighted by Crippen LogP contribution is 2.38. The van der Waals surface area contributed by atoms with Gasteiger partial charge in [-0.15, -0.1) is 10.2 Å². The monoisotopic (exact) mass is 489 g/mol. The lowest BCUT2D eigenvalue weighted by molar-refractivity contribution is 0.670. The maximum absolute atomic E-state index is 6.37. The van der Waals surface area contributed by atoms with E-state index in [2.05, 4.69) is 132 Å². The van der Waals surface area contributed by atoms with Crippen molar-refractivity contribution in [2.45, 2.75) is 13.8 Å². The predicted molar refractivity (Wildman–Crippen MR) is 156 cm³/mol. The molecule has 0 saturated heterocycles. The van der Waals surface area contributed by atoms with E-state index >= 15 is 0 Å². The average Bonchev–Trinajstić information content (AvgIpc) is 3.55. The molecule has 0 amide bonds. The molecule has 0 aliphatic rings. The predicted octanol–water partition coefficient (Wildman–Crippen LogP) is 8.89. The molecule has 5 aromatic carbocycles. The topological polar surface area (TPSA) is 43.3 Å². The van der Waals surface area contributed by atoms with Crippen molar-refractivity contribution in [3.05, 3.63) is 114 Å². The Kier molecular flexibility index (Phi) is 4.32. The molecule has 4 nitrogen and oxygen atoms in total. The fraction of sp³-hybridized carbons (Fsp3) is 0.0588. The summed E-state index contributed by atoms with van der Waals surface area (Å²) in [5.74, 6) is 0.835. The SMILES string of the molecule is Cc1ccc2oc3c(-c4ccc(-c5nnc6c7ccccc7c7ccccc7n56)cc4)cc(C)cc3c2c1. The maximum Gasteiger partial charge on any atom is 0.169 e. The highest BCUT2D eigenvalue weighted by molar-refractivity contribution is 6.12. The summed E-state index contributed by atoms with van der Waals surface area (Å²) in [5.41, 5.74) is 9.49. The van der Waals surface area contributed by atoms with Gasteiger partial charge in [-0.1, -0.05) is 78.4 Å². The standard InChI is InChI=1S/C34H23N3O/c1-20-11-16-31-28(17-20)29-19-21(2)18-27(32(29)38-31)22-12-14-23(15-13-22)33-35-36-34-26-9-4-3-7-24(26)25-8-5-6-10-30(25)37(33)34/h3-19H,1-2H3. The van der Waals surface area contributed by atoms with Gasteiger partial charge < -0.3 is 4.42 Å². The van der Waals surface area contributed by atoms with Crippen molar-refractivity contribution in [2.75, 3.05) is 0 Å². The zero-order chi connectivity index (χ0) is 25.4. The third-order valence-corrected chi connectivity index (χ3v) is 7.59. The molecule has 0 bridgehead atoms. The second-order valence-corrected chi connectivity index (χ2v) is 10.1. The fourth-order valence-electron chi connectivity index (χ4n) is 5.83. The lowest BCUT2D eigenvalue weighted by atomic mass is 9.98. The first-order valence-electron chi connectivity index (χ1n) is 12.8. The summed E-state index contributed by atoms with van der Waals surface area (Å²) >= 11 is 0. The highest BCUT2D eigenvalue weighted by atomic mass is 16.3. The first-order valence-corrected chi connectivity index (χ1v) is 12.8. The summed E-state index contributed by atoms with van der Waals surface area (Å²) in [6.07, 6.45) is 0. The van der Waals surface area contributed by atoms with Crippen LogP contribution in [0.15, 0.2) is 108 Å². The zero-order valence-corrected chi connectivity index (χ0v) is 21.1. The van der Waals surface area contributed by atoms with Crippen LogP contribution in [0.3, 0.4) is 0 Å². The molecule has 3 heterocycles. The quantitative estimate of drug-likeness (QED) is 0.228. The summed E-state index contributed by atoms with van der Waals surface area (Å²) in [5, 5.41) is 15.1. The molecule has 8 rings (SSSR count). The molecule has 0 saturated carbocycles. The Morgan fingerprint density at radius 3 is 2.13 bits per heavy atom. The number of pyridine rings is 1. The number of nitrogens with zero attached hydrogens (tertiary/aromatic N) is 3. The van der Waals surface area contributed by atoms with Crippen molar-refractivity contribution in [3.63, 3.8) is 0 Å². The van der Waals surface area contributed by atoms with Crippen LogP contribution in [0, 0.1) is 13.8 Å². The molecule has 4 heteroatoms. The average molecular weight is 490 g/mol. The van der Waals surface area contributed by atoms with Crippen molar-refractivity contribution in [1.82, 2.24) is 14.6 Å². The van der Waals surface area contributed by atoms with Gasteiger partial charge in [-0.2, -0.15) is 0 Å². The summed E-state index contributed by atoms with van der Waals surface area (Å²) < 4.78 is 8.55. The van der Waals surface area contributed by atoms with E-state index in [1.54, 1.807) is 0 Å². The van der Waals surface area contributed by atoms with E-state index in [0.717, 1.165) is 61.0 Å².